The van der Waals surface area contributed by atoms with Crippen LogP contribution in [0.25, 0.3) is 0 Å². The summed E-state index contributed by atoms with van der Waals surface area (Å²) in [5.74, 6) is 1.84. The number of rotatable bonds is 3. The average Bonchev–Trinajstić information content (AvgIpc) is 2.28. The van der Waals surface area contributed by atoms with E-state index >= 15 is 0 Å². The Kier molecular flexibility index (Phi) is 4.52. The summed E-state index contributed by atoms with van der Waals surface area (Å²) in [5, 5.41) is 3.88. The summed E-state index contributed by atoms with van der Waals surface area (Å²) in [7, 11) is 0. The van der Waals surface area contributed by atoms with Gasteiger partial charge in [-0.15, -0.1) is 0 Å². The second-order valence-corrected chi connectivity index (χ2v) is 7.40. The molecule has 1 nitrogen and oxygen atoms in total. The SMILES string of the molecule is CC1CC(C)(C)CCC1NCC1CCCCC1. The first-order chi connectivity index (χ1) is 8.07. The van der Waals surface area contributed by atoms with E-state index in [1.165, 1.54) is 57.9 Å². The van der Waals surface area contributed by atoms with Crippen molar-refractivity contribution >= 4 is 0 Å². The fourth-order valence-electron chi connectivity index (χ4n) is 3.96. The molecule has 0 aromatic carbocycles. The minimum absolute atomic E-state index is 0.586. The molecule has 0 aliphatic heterocycles. The number of hydrogen-bond acceptors (Lipinski definition) is 1. The first kappa shape index (κ1) is 13.4. The van der Waals surface area contributed by atoms with Gasteiger partial charge in [-0.3, -0.25) is 0 Å². The van der Waals surface area contributed by atoms with Crippen LogP contribution >= 0.6 is 0 Å². The van der Waals surface area contributed by atoms with Gasteiger partial charge in [-0.05, 0) is 55.9 Å². The zero-order valence-corrected chi connectivity index (χ0v) is 12.1. The summed E-state index contributed by atoms with van der Waals surface area (Å²) < 4.78 is 0. The molecule has 0 aromatic rings. The maximum Gasteiger partial charge on any atom is 0.00932 e. The quantitative estimate of drug-likeness (QED) is 0.768. The molecule has 2 saturated carbocycles. The first-order valence-electron chi connectivity index (χ1n) is 7.80. The molecule has 0 aromatic heterocycles. The van der Waals surface area contributed by atoms with Crippen LogP contribution in [0, 0.1) is 17.3 Å². The van der Waals surface area contributed by atoms with Gasteiger partial charge in [0.2, 0.25) is 0 Å². The minimum Gasteiger partial charge on any atom is -0.313 e. The van der Waals surface area contributed by atoms with Gasteiger partial charge >= 0.3 is 0 Å². The molecule has 17 heavy (non-hydrogen) atoms. The summed E-state index contributed by atoms with van der Waals surface area (Å²) >= 11 is 0. The molecular weight excluding hydrogens is 206 g/mol. The van der Waals surface area contributed by atoms with Gasteiger partial charge in [0, 0.05) is 6.04 Å². The van der Waals surface area contributed by atoms with E-state index in [4.69, 9.17) is 0 Å². The van der Waals surface area contributed by atoms with Crippen LogP contribution in [0.5, 0.6) is 0 Å². The molecule has 100 valence electrons. The molecule has 2 fully saturated rings. The summed E-state index contributed by atoms with van der Waals surface area (Å²) in [6, 6.07) is 0.796. The predicted octanol–water partition coefficient (Wildman–Crippen LogP) is 4.37. The lowest BCUT2D eigenvalue weighted by molar-refractivity contribution is 0.143. The third kappa shape index (κ3) is 3.98. The monoisotopic (exact) mass is 237 g/mol. The van der Waals surface area contributed by atoms with Crippen molar-refractivity contribution in [3.8, 4) is 0 Å². The molecule has 0 bridgehead atoms. The smallest absolute Gasteiger partial charge is 0.00932 e. The van der Waals surface area contributed by atoms with Crippen LogP contribution in [0.15, 0.2) is 0 Å². The predicted molar refractivity (Wildman–Crippen MR) is 75.2 cm³/mol. The van der Waals surface area contributed by atoms with Crippen LogP contribution in [-0.4, -0.2) is 12.6 Å². The molecule has 2 aliphatic carbocycles. The van der Waals surface area contributed by atoms with E-state index in [9.17, 15) is 0 Å². The molecule has 0 radical (unpaired) electrons. The van der Waals surface area contributed by atoms with Crippen molar-refractivity contribution in [3.63, 3.8) is 0 Å². The summed E-state index contributed by atoms with van der Waals surface area (Å²) in [4.78, 5) is 0. The first-order valence-corrected chi connectivity index (χ1v) is 7.80. The summed E-state index contributed by atoms with van der Waals surface area (Å²) in [5.41, 5.74) is 0.586. The molecule has 1 heteroatoms. The van der Waals surface area contributed by atoms with Gasteiger partial charge in [-0.2, -0.15) is 0 Å². The Labute approximate surface area is 108 Å². The van der Waals surface area contributed by atoms with Gasteiger partial charge in [0.1, 0.15) is 0 Å². The van der Waals surface area contributed by atoms with E-state index in [1.807, 2.05) is 0 Å². The number of nitrogens with one attached hydrogen (secondary N) is 1. The molecule has 0 spiro atoms. The van der Waals surface area contributed by atoms with Crippen molar-refractivity contribution in [2.45, 2.75) is 78.2 Å². The van der Waals surface area contributed by atoms with Crippen LogP contribution < -0.4 is 5.32 Å². The molecule has 0 saturated heterocycles. The second kappa shape index (κ2) is 5.73. The van der Waals surface area contributed by atoms with E-state index in [1.54, 1.807) is 0 Å². The van der Waals surface area contributed by atoms with Crippen LogP contribution in [0.2, 0.25) is 0 Å². The van der Waals surface area contributed by atoms with Crippen molar-refractivity contribution in [1.82, 2.24) is 5.32 Å². The van der Waals surface area contributed by atoms with Crippen molar-refractivity contribution in [3.05, 3.63) is 0 Å². The van der Waals surface area contributed by atoms with Gasteiger partial charge in [0.15, 0.2) is 0 Å². The van der Waals surface area contributed by atoms with E-state index in [-0.39, 0.29) is 0 Å². The Balaban J connectivity index is 1.72. The second-order valence-electron chi connectivity index (χ2n) is 7.40. The molecule has 2 aliphatic rings. The topological polar surface area (TPSA) is 12.0 Å². The van der Waals surface area contributed by atoms with Gasteiger partial charge in [-0.25, -0.2) is 0 Å². The average molecular weight is 237 g/mol. The standard InChI is InChI=1S/C16H31N/c1-13-11-16(2,3)10-9-15(13)17-12-14-7-5-4-6-8-14/h13-15,17H,4-12H2,1-3H3. The third-order valence-electron chi connectivity index (χ3n) is 5.09. The van der Waals surface area contributed by atoms with Crippen molar-refractivity contribution in [2.24, 2.45) is 17.3 Å². The molecule has 2 rings (SSSR count). The highest BCUT2D eigenvalue weighted by molar-refractivity contribution is 4.87. The Morgan fingerprint density at radius 2 is 1.76 bits per heavy atom. The molecule has 0 heterocycles. The molecule has 1 N–H and O–H groups in total. The van der Waals surface area contributed by atoms with Crippen LogP contribution in [-0.2, 0) is 0 Å². The van der Waals surface area contributed by atoms with Crippen LogP contribution in [0.1, 0.15) is 72.1 Å². The number of hydrogen-bond donors (Lipinski definition) is 1. The lowest BCUT2D eigenvalue weighted by Gasteiger charge is -2.40. The Hall–Kier alpha value is -0.0400. The maximum atomic E-state index is 3.88. The summed E-state index contributed by atoms with van der Waals surface area (Å²) in [6.45, 7) is 8.59. The minimum atomic E-state index is 0.586. The van der Waals surface area contributed by atoms with Gasteiger partial charge in [0.05, 0.1) is 0 Å². The lowest BCUT2D eigenvalue weighted by Crippen LogP contribution is -2.43. The largest absolute Gasteiger partial charge is 0.313 e. The van der Waals surface area contributed by atoms with Crippen molar-refractivity contribution < 1.29 is 0 Å². The fourth-order valence-corrected chi connectivity index (χ4v) is 3.96. The van der Waals surface area contributed by atoms with E-state index in [0.29, 0.717) is 5.41 Å². The Morgan fingerprint density at radius 3 is 2.41 bits per heavy atom. The zero-order valence-electron chi connectivity index (χ0n) is 12.1. The highest BCUT2D eigenvalue weighted by Gasteiger charge is 2.32. The highest BCUT2D eigenvalue weighted by Crippen LogP contribution is 2.38. The molecule has 0 amide bonds. The molecular formula is C16H31N. The van der Waals surface area contributed by atoms with Gasteiger partial charge in [0.25, 0.3) is 0 Å². The van der Waals surface area contributed by atoms with Crippen LogP contribution in [0.4, 0.5) is 0 Å². The molecule has 2 atom stereocenters. The fraction of sp³-hybridized carbons (Fsp3) is 1.00. The third-order valence-corrected chi connectivity index (χ3v) is 5.09. The normalized spacial score (nSPS) is 34.8. The highest BCUT2D eigenvalue weighted by atomic mass is 14.9. The van der Waals surface area contributed by atoms with Gasteiger partial charge in [-0.1, -0.05) is 40.0 Å². The maximum absolute atomic E-state index is 3.88. The summed E-state index contributed by atoms with van der Waals surface area (Å²) in [6.07, 6.45) is 11.6. The zero-order chi connectivity index (χ0) is 12.3. The van der Waals surface area contributed by atoms with E-state index in [0.717, 1.165) is 17.9 Å². The van der Waals surface area contributed by atoms with E-state index in [2.05, 4.69) is 26.1 Å². The van der Waals surface area contributed by atoms with E-state index < -0.39 is 0 Å². The van der Waals surface area contributed by atoms with Crippen molar-refractivity contribution in [1.29, 1.82) is 0 Å². The Bertz CT molecular complexity index is 228. The Morgan fingerprint density at radius 1 is 1.06 bits per heavy atom. The lowest BCUT2D eigenvalue weighted by atomic mass is 9.70. The van der Waals surface area contributed by atoms with Crippen molar-refractivity contribution in [2.75, 3.05) is 6.54 Å². The van der Waals surface area contributed by atoms with Gasteiger partial charge < -0.3 is 5.32 Å². The van der Waals surface area contributed by atoms with Crippen LogP contribution in [0.3, 0.4) is 0 Å². The molecule has 2 unspecified atom stereocenters.